The van der Waals surface area contributed by atoms with Crippen LogP contribution >= 0.6 is 0 Å². The first-order chi connectivity index (χ1) is 6.66. The lowest BCUT2D eigenvalue weighted by Gasteiger charge is -2.12. The molecular weight excluding hydrogens is 184 g/mol. The number of hydrogen-bond donors (Lipinski definition) is 1. The summed E-state index contributed by atoms with van der Waals surface area (Å²) in [7, 11) is 1.24. The Morgan fingerprint density at radius 3 is 2.71 bits per heavy atom. The van der Waals surface area contributed by atoms with Crippen molar-refractivity contribution in [1.29, 1.82) is 0 Å². The van der Waals surface area contributed by atoms with Crippen LogP contribution in [0.3, 0.4) is 0 Å². The Hall–Kier alpha value is -1.21. The first-order valence-electron chi connectivity index (χ1n) is 4.59. The molecule has 0 aliphatic heterocycles. The Morgan fingerprint density at radius 1 is 1.50 bits per heavy atom. The molecule has 0 heterocycles. The van der Waals surface area contributed by atoms with Crippen LogP contribution in [0.25, 0.3) is 0 Å². The summed E-state index contributed by atoms with van der Waals surface area (Å²) in [6.45, 7) is -0.0328. The van der Waals surface area contributed by atoms with Gasteiger partial charge in [0.2, 0.25) is 0 Å². The third-order valence-corrected chi connectivity index (χ3v) is 2.18. The average Bonchev–Trinajstić information content (AvgIpc) is 2.60. The van der Waals surface area contributed by atoms with Gasteiger partial charge in [0.05, 0.1) is 7.11 Å². The number of ether oxygens (including phenoxy) is 2. The van der Waals surface area contributed by atoms with Crippen molar-refractivity contribution in [3.05, 3.63) is 0 Å². The lowest BCUT2D eigenvalue weighted by atomic mass is 10.0. The molecule has 78 valence electrons. The largest absolute Gasteiger partial charge is 0.508 e. The molecule has 1 aliphatic carbocycles. The van der Waals surface area contributed by atoms with Gasteiger partial charge in [-0.05, 0) is 25.7 Å². The molecule has 4 nitrogen and oxygen atoms in total. The Bertz CT molecular complexity index is 255. The van der Waals surface area contributed by atoms with Crippen LogP contribution in [0, 0.1) is 11.8 Å². The summed E-state index contributed by atoms with van der Waals surface area (Å²) in [4.78, 5) is 10.5. The predicted octanol–water partition coefficient (Wildman–Crippen LogP) is 1.08. The number of methoxy groups -OCH3 is 1. The molecule has 0 spiro atoms. The number of carbonyl (C=O) groups excluding carboxylic acids is 1. The Morgan fingerprint density at radius 2 is 2.14 bits per heavy atom. The molecule has 0 amide bonds. The zero-order valence-electron chi connectivity index (χ0n) is 8.21. The van der Waals surface area contributed by atoms with E-state index < -0.39 is 11.8 Å². The second-order valence-electron chi connectivity index (χ2n) is 3.28. The zero-order chi connectivity index (χ0) is 10.4. The van der Waals surface area contributed by atoms with Crippen LogP contribution in [0.15, 0.2) is 0 Å². The van der Waals surface area contributed by atoms with Gasteiger partial charge in [0.15, 0.2) is 6.61 Å². The monoisotopic (exact) mass is 198 g/mol. The molecule has 0 radical (unpaired) electrons. The van der Waals surface area contributed by atoms with Crippen molar-refractivity contribution in [3.63, 3.8) is 0 Å². The Labute approximate surface area is 83.2 Å². The summed E-state index contributed by atoms with van der Waals surface area (Å²) in [5.41, 5.74) is -0.862. The molecule has 1 fully saturated rings. The molecule has 0 aromatic rings. The van der Waals surface area contributed by atoms with Crippen molar-refractivity contribution in [2.24, 2.45) is 0 Å². The highest BCUT2D eigenvalue weighted by molar-refractivity contribution is 5.59. The smallest absolute Gasteiger partial charge is 0.438 e. The van der Waals surface area contributed by atoms with Gasteiger partial charge in [0.25, 0.3) is 0 Å². The van der Waals surface area contributed by atoms with Crippen molar-refractivity contribution in [2.75, 3.05) is 13.7 Å². The van der Waals surface area contributed by atoms with Gasteiger partial charge in [-0.15, -0.1) is 0 Å². The van der Waals surface area contributed by atoms with Crippen LogP contribution < -0.4 is 0 Å². The van der Waals surface area contributed by atoms with E-state index in [1.165, 1.54) is 7.11 Å². The Kier molecular flexibility index (Phi) is 3.78. The standard InChI is InChI=1S/C10H14O4/c1-13-9(11)14-8-4-7-10(12)5-2-3-6-10/h12H,2-3,5-6,8H2,1H3. The molecule has 0 bridgehead atoms. The third kappa shape index (κ3) is 3.27. The van der Waals surface area contributed by atoms with Gasteiger partial charge in [-0.1, -0.05) is 11.8 Å². The molecule has 1 aliphatic rings. The number of hydrogen-bond acceptors (Lipinski definition) is 4. The van der Waals surface area contributed by atoms with Gasteiger partial charge in [-0.25, -0.2) is 4.79 Å². The van der Waals surface area contributed by atoms with E-state index in [9.17, 15) is 9.90 Å². The van der Waals surface area contributed by atoms with Crippen LogP contribution in [-0.4, -0.2) is 30.6 Å². The summed E-state index contributed by atoms with van der Waals surface area (Å²) in [5, 5.41) is 9.77. The highest BCUT2D eigenvalue weighted by atomic mass is 16.7. The van der Waals surface area contributed by atoms with Gasteiger partial charge in [0.1, 0.15) is 5.60 Å². The minimum absolute atomic E-state index is 0.0328. The van der Waals surface area contributed by atoms with E-state index in [0.717, 1.165) is 12.8 Å². The van der Waals surface area contributed by atoms with Crippen molar-refractivity contribution in [2.45, 2.75) is 31.3 Å². The van der Waals surface area contributed by atoms with Gasteiger partial charge < -0.3 is 14.6 Å². The second kappa shape index (κ2) is 4.87. The fraction of sp³-hybridized carbons (Fsp3) is 0.700. The average molecular weight is 198 g/mol. The van der Waals surface area contributed by atoms with E-state index in [-0.39, 0.29) is 6.61 Å². The molecule has 0 unspecified atom stereocenters. The molecular formula is C10H14O4. The van der Waals surface area contributed by atoms with Crippen LogP contribution in [0.2, 0.25) is 0 Å². The highest BCUT2D eigenvalue weighted by Crippen LogP contribution is 2.28. The van der Waals surface area contributed by atoms with Crippen molar-refractivity contribution in [1.82, 2.24) is 0 Å². The first-order valence-corrected chi connectivity index (χ1v) is 4.59. The van der Waals surface area contributed by atoms with Crippen molar-refractivity contribution in [3.8, 4) is 11.8 Å². The molecule has 0 atom stereocenters. The summed E-state index contributed by atoms with van der Waals surface area (Å²) in [6, 6.07) is 0. The topological polar surface area (TPSA) is 55.8 Å². The molecule has 1 rings (SSSR count). The SMILES string of the molecule is COC(=O)OCC#CC1(O)CCCC1. The minimum atomic E-state index is -0.862. The van der Waals surface area contributed by atoms with Crippen molar-refractivity contribution >= 4 is 6.16 Å². The summed E-state index contributed by atoms with van der Waals surface area (Å²) < 4.78 is 8.81. The molecule has 4 heteroatoms. The van der Waals surface area contributed by atoms with E-state index in [0.29, 0.717) is 12.8 Å². The molecule has 1 N–H and O–H groups in total. The maximum atomic E-state index is 10.5. The quantitative estimate of drug-likeness (QED) is 0.506. The van der Waals surface area contributed by atoms with E-state index >= 15 is 0 Å². The van der Waals surface area contributed by atoms with E-state index in [4.69, 9.17) is 0 Å². The maximum absolute atomic E-state index is 10.5. The van der Waals surface area contributed by atoms with Crippen LogP contribution in [0.4, 0.5) is 4.79 Å². The molecule has 0 aromatic carbocycles. The van der Waals surface area contributed by atoms with E-state index in [1.807, 2.05) is 0 Å². The second-order valence-corrected chi connectivity index (χ2v) is 3.28. The lowest BCUT2D eigenvalue weighted by molar-refractivity contribution is 0.0823. The highest BCUT2D eigenvalue weighted by Gasteiger charge is 2.28. The van der Waals surface area contributed by atoms with Crippen LogP contribution in [0.1, 0.15) is 25.7 Å². The lowest BCUT2D eigenvalue weighted by Crippen LogP contribution is -2.21. The minimum Gasteiger partial charge on any atom is -0.438 e. The Balaban J connectivity index is 2.29. The zero-order valence-corrected chi connectivity index (χ0v) is 8.21. The van der Waals surface area contributed by atoms with Gasteiger partial charge >= 0.3 is 6.16 Å². The first kappa shape index (κ1) is 10.9. The summed E-state index contributed by atoms with van der Waals surface area (Å²) in [6.07, 6.45) is 2.67. The molecule has 0 aromatic heterocycles. The maximum Gasteiger partial charge on any atom is 0.508 e. The number of rotatable bonds is 1. The number of aliphatic hydroxyl groups is 1. The third-order valence-electron chi connectivity index (χ3n) is 2.18. The van der Waals surface area contributed by atoms with Gasteiger partial charge in [-0.3, -0.25) is 0 Å². The van der Waals surface area contributed by atoms with Crippen molar-refractivity contribution < 1.29 is 19.4 Å². The normalized spacial score (nSPS) is 18.1. The van der Waals surface area contributed by atoms with E-state index in [2.05, 4.69) is 21.3 Å². The molecule has 14 heavy (non-hydrogen) atoms. The van der Waals surface area contributed by atoms with Crippen LogP contribution in [-0.2, 0) is 9.47 Å². The van der Waals surface area contributed by atoms with Gasteiger partial charge in [-0.2, -0.15) is 0 Å². The molecule has 0 saturated heterocycles. The molecule has 1 saturated carbocycles. The van der Waals surface area contributed by atoms with Crippen LogP contribution in [0.5, 0.6) is 0 Å². The summed E-state index contributed by atoms with van der Waals surface area (Å²) >= 11 is 0. The fourth-order valence-corrected chi connectivity index (χ4v) is 1.44. The fourth-order valence-electron chi connectivity index (χ4n) is 1.44. The number of carbonyl (C=O) groups is 1. The summed E-state index contributed by atoms with van der Waals surface area (Å²) in [5.74, 6) is 5.32. The van der Waals surface area contributed by atoms with Gasteiger partial charge in [0, 0.05) is 0 Å². The van der Waals surface area contributed by atoms with E-state index in [1.54, 1.807) is 0 Å². The predicted molar refractivity (Wildman–Crippen MR) is 49.6 cm³/mol.